The van der Waals surface area contributed by atoms with E-state index >= 15 is 0 Å². The van der Waals surface area contributed by atoms with Crippen LogP contribution in [0.5, 0.6) is 0 Å². The molecular weight excluding hydrogens is 174 g/mol. The Balaban J connectivity index is 3.30. The van der Waals surface area contributed by atoms with Gasteiger partial charge in [-0.3, -0.25) is 0 Å². The Kier molecular flexibility index (Phi) is 6.41. The number of ether oxygens (including phenoxy) is 2. The molecule has 72 valence electrons. The third-order valence-corrected chi connectivity index (χ3v) is 1.03. The molecule has 0 aliphatic heterocycles. The van der Waals surface area contributed by atoms with E-state index in [1.165, 1.54) is 6.08 Å². The molecule has 13 heavy (non-hydrogen) atoms. The molecule has 0 atom stereocenters. The number of esters is 1. The van der Waals surface area contributed by atoms with E-state index < -0.39 is 5.97 Å². The molecule has 0 aromatic heterocycles. The van der Waals surface area contributed by atoms with E-state index in [0.717, 1.165) is 0 Å². The van der Waals surface area contributed by atoms with Crippen LogP contribution in [0.2, 0.25) is 0 Å². The summed E-state index contributed by atoms with van der Waals surface area (Å²) in [6.45, 7) is 5.22. The lowest BCUT2D eigenvalue weighted by Gasteiger charge is -2.02. The monoisotopic (exact) mass is 185 g/mol. The van der Waals surface area contributed by atoms with Gasteiger partial charge in [-0.2, -0.15) is 4.99 Å². The standard InChI is InChI=1S/C8H11NO4/c1-7(2)8(11)13-4-3-12-6-9-5-10/h1,3-4,6H2,2H3. The van der Waals surface area contributed by atoms with Gasteiger partial charge in [-0.25, -0.2) is 9.59 Å². The molecule has 0 amide bonds. The average Bonchev–Trinajstić information content (AvgIpc) is 2.10. The SMILES string of the molecule is C=C(C)C(=O)OCCOCN=C=O. The maximum Gasteiger partial charge on any atom is 0.333 e. The zero-order valence-electron chi connectivity index (χ0n) is 7.41. The molecular formula is C8H11NO4. The Morgan fingerprint density at radius 3 is 2.77 bits per heavy atom. The molecule has 0 saturated heterocycles. The Morgan fingerprint density at radius 1 is 1.54 bits per heavy atom. The van der Waals surface area contributed by atoms with Gasteiger partial charge in [-0.15, -0.1) is 0 Å². The highest BCUT2D eigenvalue weighted by Gasteiger charge is 2.01. The van der Waals surface area contributed by atoms with Crippen molar-refractivity contribution in [3.05, 3.63) is 12.2 Å². The van der Waals surface area contributed by atoms with Crippen LogP contribution in [-0.2, 0) is 19.1 Å². The number of carbonyl (C=O) groups excluding carboxylic acids is 2. The first-order valence-electron chi connectivity index (χ1n) is 3.62. The van der Waals surface area contributed by atoms with Crippen LogP contribution in [-0.4, -0.2) is 32.0 Å². The molecule has 0 heterocycles. The van der Waals surface area contributed by atoms with E-state index in [4.69, 9.17) is 4.74 Å². The van der Waals surface area contributed by atoms with Gasteiger partial charge in [0.15, 0.2) is 0 Å². The summed E-state index contributed by atoms with van der Waals surface area (Å²) < 4.78 is 9.45. The molecule has 0 aromatic rings. The molecule has 0 bridgehead atoms. The summed E-state index contributed by atoms with van der Waals surface area (Å²) in [5.74, 6) is -0.456. The largest absolute Gasteiger partial charge is 0.460 e. The predicted octanol–water partition coefficient (Wildman–Crippen LogP) is 0.416. The Morgan fingerprint density at radius 2 is 2.23 bits per heavy atom. The molecule has 0 fully saturated rings. The van der Waals surface area contributed by atoms with E-state index in [-0.39, 0.29) is 19.9 Å². The van der Waals surface area contributed by atoms with Gasteiger partial charge in [0.25, 0.3) is 0 Å². The topological polar surface area (TPSA) is 65.0 Å². The number of nitrogens with zero attached hydrogens (tertiary/aromatic N) is 1. The number of hydrogen-bond donors (Lipinski definition) is 0. The predicted molar refractivity (Wildman–Crippen MR) is 44.7 cm³/mol. The van der Waals surface area contributed by atoms with E-state index in [1.54, 1.807) is 6.92 Å². The lowest BCUT2D eigenvalue weighted by Crippen LogP contribution is -2.10. The van der Waals surface area contributed by atoms with Crippen LogP contribution in [0.15, 0.2) is 17.1 Å². The van der Waals surface area contributed by atoms with Crippen LogP contribution < -0.4 is 0 Å². The lowest BCUT2D eigenvalue weighted by atomic mass is 10.4. The molecule has 0 saturated carbocycles. The smallest absolute Gasteiger partial charge is 0.333 e. The van der Waals surface area contributed by atoms with Crippen molar-refractivity contribution >= 4 is 12.0 Å². The zero-order valence-corrected chi connectivity index (χ0v) is 7.41. The summed E-state index contributed by atoms with van der Waals surface area (Å²) in [6, 6.07) is 0. The first-order chi connectivity index (χ1) is 6.18. The fourth-order valence-electron chi connectivity index (χ4n) is 0.453. The van der Waals surface area contributed by atoms with Crippen LogP contribution in [0.4, 0.5) is 0 Å². The Labute approximate surface area is 76.0 Å². The van der Waals surface area contributed by atoms with Crippen molar-refractivity contribution in [2.45, 2.75) is 6.92 Å². The lowest BCUT2D eigenvalue weighted by molar-refractivity contribution is -0.140. The van der Waals surface area contributed by atoms with Crippen molar-refractivity contribution in [3.8, 4) is 0 Å². The first kappa shape index (κ1) is 11.6. The molecule has 0 rings (SSSR count). The van der Waals surface area contributed by atoms with Crippen LogP contribution in [0.1, 0.15) is 6.92 Å². The molecule has 0 spiro atoms. The normalized spacial score (nSPS) is 8.69. The van der Waals surface area contributed by atoms with Crippen LogP contribution in [0.3, 0.4) is 0 Å². The van der Waals surface area contributed by atoms with Gasteiger partial charge in [0.1, 0.15) is 13.3 Å². The van der Waals surface area contributed by atoms with Crippen molar-refractivity contribution in [2.24, 2.45) is 4.99 Å². The molecule has 0 aliphatic rings. The minimum Gasteiger partial charge on any atom is -0.460 e. The number of rotatable bonds is 6. The molecule has 0 aromatic carbocycles. The highest BCUT2D eigenvalue weighted by Crippen LogP contribution is 1.91. The molecule has 5 heteroatoms. The summed E-state index contributed by atoms with van der Waals surface area (Å²) in [7, 11) is 0. The summed E-state index contributed by atoms with van der Waals surface area (Å²) in [5.41, 5.74) is 0.339. The van der Waals surface area contributed by atoms with Crippen LogP contribution >= 0.6 is 0 Å². The summed E-state index contributed by atoms with van der Waals surface area (Å²) in [5, 5.41) is 0. The zero-order chi connectivity index (χ0) is 10.1. The second-order valence-electron chi connectivity index (χ2n) is 2.20. The quantitative estimate of drug-likeness (QED) is 0.198. The number of isocyanates is 1. The average molecular weight is 185 g/mol. The number of aliphatic imine (C=N–C) groups is 1. The second-order valence-corrected chi connectivity index (χ2v) is 2.20. The second kappa shape index (κ2) is 7.21. The molecule has 0 radical (unpaired) electrons. The Hall–Kier alpha value is -1.45. The fourth-order valence-corrected chi connectivity index (χ4v) is 0.453. The van der Waals surface area contributed by atoms with Gasteiger partial charge in [-0.1, -0.05) is 6.58 Å². The third-order valence-electron chi connectivity index (χ3n) is 1.03. The molecule has 0 aliphatic carbocycles. The van der Waals surface area contributed by atoms with Crippen molar-refractivity contribution in [1.29, 1.82) is 0 Å². The van der Waals surface area contributed by atoms with E-state index in [0.29, 0.717) is 5.57 Å². The highest BCUT2D eigenvalue weighted by molar-refractivity contribution is 5.86. The minimum absolute atomic E-state index is 0.0614. The van der Waals surface area contributed by atoms with E-state index in [9.17, 15) is 9.59 Å². The number of hydrogen-bond acceptors (Lipinski definition) is 5. The molecule has 0 unspecified atom stereocenters. The van der Waals surface area contributed by atoms with Crippen LogP contribution in [0.25, 0.3) is 0 Å². The maximum atomic E-state index is 10.8. The maximum absolute atomic E-state index is 10.8. The van der Waals surface area contributed by atoms with Crippen molar-refractivity contribution in [2.75, 3.05) is 19.9 Å². The number of carbonyl (C=O) groups is 1. The molecule has 0 N–H and O–H groups in total. The van der Waals surface area contributed by atoms with Gasteiger partial charge >= 0.3 is 5.97 Å². The summed E-state index contributed by atoms with van der Waals surface area (Å²) >= 11 is 0. The van der Waals surface area contributed by atoms with Gasteiger partial charge in [0.2, 0.25) is 6.08 Å². The van der Waals surface area contributed by atoms with Crippen molar-refractivity contribution in [1.82, 2.24) is 0 Å². The van der Waals surface area contributed by atoms with Gasteiger partial charge < -0.3 is 9.47 Å². The van der Waals surface area contributed by atoms with Gasteiger partial charge in [-0.05, 0) is 6.92 Å². The molecule has 5 nitrogen and oxygen atoms in total. The van der Waals surface area contributed by atoms with E-state index in [1.807, 2.05) is 0 Å². The highest BCUT2D eigenvalue weighted by atomic mass is 16.6. The summed E-state index contributed by atoms with van der Waals surface area (Å²) in [6.07, 6.45) is 1.31. The first-order valence-corrected chi connectivity index (χ1v) is 3.62. The van der Waals surface area contributed by atoms with E-state index in [2.05, 4.69) is 16.3 Å². The van der Waals surface area contributed by atoms with Crippen molar-refractivity contribution in [3.63, 3.8) is 0 Å². The van der Waals surface area contributed by atoms with Gasteiger partial charge in [0, 0.05) is 5.57 Å². The van der Waals surface area contributed by atoms with Crippen molar-refractivity contribution < 1.29 is 19.1 Å². The summed E-state index contributed by atoms with van der Waals surface area (Å²) in [4.78, 5) is 23.5. The van der Waals surface area contributed by atoms with Crippen LogP contribution in [0, 0.1) is 0 Å². The third kappa shape index (κ3) is 6.93. The fraction of sp³-hybridized carbons (Fsp3) is 0.500. The minimum atomic E-state index is -0.456. The Bertz CT molecular complexity index is 230. The van der Waals surface area contributed by atoms with Gasteiger partial charge in [0.05, 0.1) is 6.61 Å².